The van der Waals surface area contributed by atoms with Crippen LogP contribution in [0.1, 0.15) is 47.4 Å². The molecule has 1 fully saturated rings. The zero-order chi connectivity index (χ0) is 16.4. The highest BCUT2D eigenvalue weighted by molar-refractivity contribution is 5.93. The Morgan fingerprint density at radius 2 is 2.04 bits per heavy atom. The molecule has 122 valence electrons. The maximum atomic E-state index is 14.0. The van der Waals surface area contributed by atoms with E-state index in [1.54, 1.807) is 11.8 Å². The smallest absolute Gasteiger partial charge is 0.276 e. The maximum Gasteiger partial charge on any atom is 0.276 e. The number of halogens is 2. The first kappa shape index (κ1) is 15.6. The molecule has 23 heavy (non-hydrogen) atoms. The van der Waals surface area contributed by atoms with E-state index < -0.39 is 11.6 Å². The standard InChI is InChI=1S/C16H18F2N4O/c1-10-15(20-21-19-10)16(23)22(13-4-2-3-5-13)9-11-8-12(17)6-7-14(11)18/h6-8,13H,2-5,9H2,1H3,(H,19,20,21). The number of benzene rings is 1. The molecule has 7 heteroatoms. The molecule has 0 aliphatic heterocycles. The van der Waals surface area contributed by atoms with Crippen LogP contribution in [0.25, 0.3) is 0 Å². The van der Waals surface area contributed by atoms with E-state index in [1.807, 2.05) is 0 Å². The molecular weight excluding hydrogens is 302 g/mol. The molecule has 1 amide bonds. The van der Waals surface area contributed by atoms with Crippen molar-refractivity contribution in [2.24, 2.45) is 0 Å². The van der Waals surface area contributed by atoms with Crippen molar-refractivity contribution in [1.29, 1.82) is 0 Å². The number of aryl methyl sites for hydroxylation is 1. The molecule has 0 atom stereocenters. The lowest BCUT2D eigenvalue weighted by atomic mass is 10.1. The number of aromatic nitrogens is 3. The molecule has 3 rings (SSSR count). The van der Waals surface area contributed by atoms with Crippen molar-refractivity contribution in [3.63, 3.8) is 0 Å². The first-order chi connectivity index (χ1) is 11.1. The second-order valence-corrected chi connectivity index (χ2v) is 5.86. The highest BCUT2D eigenvalue weighted by atomic mass is 19.1. The van der Waals surface area contributed by atoms with Gasteiger partial charge in [0.1, 0.15) is 11.6 Å². The molecule has 0 radical (unpaired) electrons. The summed E-state index contributed by atoms with van der Waals surface area (Å²) >= 11 is 0. The number of carbonyl (C=O) groups is 1. The van der Waals surface area contributed by atoms with Crippen molar-refractivity contribution in [3.05, 3.63) is 46.8 Å². The number of H-pyrrole nitrogens is 1. The van der Waals surface area contributed by atoms with Crippen LogP contribution < -0.4 is 0 Å². The Labute approximate surface area is 132 Å². The van der Waals surface area contributed by atoms with Crippen molar-refractivity contribution < 1.29 is 13.6 Å². The fourth-order valence-electron chi connectivity index (χ4n) is 3.05. The average Bonchev–Trinajstić information content (AvgIpc) is 3.19. The first-order valence-electron chi connectivity index (χ1n) is 7.68. The quantitative estimate of drug-likeness (QED) is 0.942. The van der Waals surface area contributed by atoms with E-state index in [1.165, 1.54) is 0 Å². The first-order valence-corrected chi connectivity index (χ1v) is 7.68. The monoisotopic (exact) mass is 320 g/mol. The topological polar surface area (TPSA) is 61.9 Å². The minimum absolute atomic E-state index is 0.0151. The van der Waals surface area contributed by atoms with Crippen LogP contribution in [0.2, 0.25) is 0 Å². The SMILES string of the molecule is Cc1n[nH]nc1C(=O)N(Cc1cc(F)ccc1F)C1CCCC1. The average molecular weight is 320 g/mol. The lowest BCUT2D eigenvalue weighted by Crippen LogP contribution is -2.39. The molecule has 0 spiro atoms. The van der Waals surface area contributed by atoms with Gasteiger partial charge in [0, 0.05) is 18.2 Å². The van der Waals surface area contributed by atoms with Crippen LogP contribution in [-0.2, 0) is 6.54 Å². The van der Waals surface area contributed by atoms with Gasteiger partial charge >= 0.3 is 0 Å². The van der Waals surface area contributed by atoms with Crippen LogP contribution in [0.5, 0.6) is 0 Å². The molecule has 1 aromatic carbocycles. The maximum absolute atomic E-state index is 14.0. The summed E-state index contributed by atoms with van der Waals surface area (Å²) in [6.45, 7) is 1.71. The van der Waals surface area contributed by atoms with Gasteiger partial charge in [-0.25, -0.2) is 8.78 Å². The van der Waals surface area contributed by atoms with Crippen molar-refractivity contribution in [1.82, 2.24) is 20.3 Å². The Bertz CT molecular complexity index is 710. The minimum atomic E-state index is -0.516. The normalized spacial score (nSPS) is 15.1. The lowest BCUT2D eigenvalue weighted by Gasteiger charge is -2.28. The Balaban J connectivity index is 1.91. The number of rotatable bonds is 4. The van der Waals surface area contributed by atoms with Crippen LogP contribution in [0.15, 0.2) is 18.2 Å². The van der Waals surface area contributed by atoms with E-state index in [4.69, 9.17) is 0 Å². The van der Waals surface area contributed by atoms with Gasteiger partial charge in [0.05, 0.1) is 5.69 Å². The molecule has 5 nitrogen and oxygen atoms in total. The molecule has 0 bridgehead atoms. The van der Waals surface area contributed by atoms with Gasteiger partial charge in [-0.2, -0.15) is 15.4 Å². The zero-order valence-corrected chi connectivity index (χ0v) is 12.9. The summed E-state index contributed by atoms with van der Waals surface area (Å²) in [6, 6.07) is 3.31. The third-order valence-corrected chi connectivity index (χ3v) is 4.30. The van der Waals surface area contributed by atoms with Crippen molar-refractivity contribution >= 4 is 5.91 Å². The van der Waals surface area contributed by atoms with Gasteiger partial charge in [0.2, 0.25) is 0 Å². The molecule has 1 aromatic heterocycles. The van der Waals surface area contributed by atoms with Gasteiger partial charge in [-0.1, -0.05) is 12.8 Å². The van der Waals surface area contributed by atoms with E-state index in [0.29, 0.717) is 5.69 Å². The molecule has 2 aromatic rings. The number of amides is 1. The summed E-state index contributed by atoms with van der Waals surface area (Å²) in [5.41, 5.74) is 0.901. The minimum Gasteiger partial charge on any atom is -0.330 e. The summed E-state index contributed by atoms with van der Waals surface area (Å²) in [5, 5.41) is 10.2. The predicted octanol–water partition coefficient (Wildman–Crippen LogP) is 2.98. The molecule has 1 N–H and O–H groups in total. The largest absolute Gasteiger partial charge is 0.330 e. The Morgan fingerprint density at radius 1 is 1.30 bits per heavy atom. The van der Waals surface area contributed by atoms with E-state index in [2.05, 4.69) is 15.4 Å². The molecular formula is C16H18F2N4O. The van der Waals surface area contributed by atoms with Gasteiger partial charge in [0.25, 0.3) is 5.91 Å². The summed E-state index contributed by atoms with van der Waals surface area (Å²) in [5.74, 6) is -1.33. The number of aromatic amines is 1. The fraction of sp³-hybridized carbons (Fsp3) is 0.438. The Hall–Kier alpha value is -2.31. The summed E-state index contributed by atoms with van der Waals surface area (Å²) in [4.78, 5) is 14.4. The zero-order valence-electron chi connectivity index (χ0n) is 12.9. The summed E-state index contributed by atoms with van der Waals surface area (Å²) in [7, 11) is 0. The second-order valence-electron chi connectivity index (χ2n) is 5.86. The van der Waals surface area contributed by atoms with Crippen molar-refractivity contribution in [3.8, 4) is 0 Å². The Morgan fingerprint density at radius 3 is 2.70 bits per heavy atom. The highest BCUT2D eigenvalue weighted by Crippen LogP contribution is 2.27. The molecule has 0 unspecified atom stereocenters. The van der Waals surface area contributed by atoms with Gasteiger partial charge in [-0.15, -0.1) is 0 Å². The molecule has 1 heterocycles. The van der Waals surface area contributed by atoms with Gasteiger partial charge < -0.3 is 4.90 Å². The molecule has 0 saturated heterocycles. The third-order valence-electron chi connectivity index (χ3n) is 4.30. The van der Waals surface area contributed by atoms with Crippen LogP contribution in [0, 0.1) is 18.6 Å². The van der Waals surface area contributed by atoms with E-state index in [-0.39, 0.29) is 29.8 Å². The lowest BCUT2D eigenvalue weighted by molar-refractivity contribution is 0.0655. The Kier molecular flexibility index (Phi) is 4.36. The van der Waals surface area contributed by atoms with E-state index >= 15 is 0 Å². The van der Waals surface area contributed by atoms with Gasteiger partial charge in [-0.3, -0.25) is 4.79 Å². The molecule has 1 saturated carbocycles. The molecule has 1 aliphatic rings. The van der Waals surface area contributed by atoms with Crippen LogP contribution in [0.3, 0.4) is 0 Å². The predicted molar refractivity (Wildman–Crippen MR) is 79.6 cm³/mol. The number of carbonyl (C=O) groups excluding carboxylic acids is 1. The van der Waals surface area contributed by atoms with Gasteiger partial charge in [-0.05, 0) is 38.0 Å². The highest BCUT2D eigenvalue weighted by Gasteiger charge is 2.30. The van der Waals surface area contributed by atoms with Crippen LogP contribution in [-0.4, -0.2) is 32.3 Å². The summed E-state index contributed by atoms with van der Waals surface area (Å²) < 4.78 is 27.4. The number of hydrogen-bond donors (Lipinski definition) is 1. The van der Waals surface area contributed by atoms with Crippen molar-refractivity contribution in [2.75, 3.05) is 0 Å². The number of hydrogen-bond acceptors (Lipinski definition) is 3. The van der Waals surface area contributed by atoms with E-state index in [0.717, 1.165) is 43.9 Å². The molecule has 1 aliphatic carbocycles. The second kappa shape index (κ2) is 6.44. The van der Waals surface area contributed by atoms with E-state index in [9.17, 15) is 13.6 Å². The third kappa shape index (κ3) is 3.23. The number of nitrogens with one attached hydrogen (secondary N) is 1. The number of nitrogens with zero attached hydrogens (tertiary/aromatic N) is 3. The van der Waals surface area contributed by atoms with Crippen LogP contribution in [0.4, 0.5) is 8.78 Å². The fourth-order valence-corrected chi connectivity index (χ4v) is 3.05. The van der Waals surface area contributed by atoms with Crippen LogP contribution >= 0.6 is 0 Å². The van der Waals surface area contributed by atoms with Crippen molar-refractivity contribution in [2.45, 2.75) is 45.2 Å². The summed E-state index contributed by atoms with van der Waals surface area (Å²) in [6.07, 6.45) is 3.77. The van der Waals surface area contributed by atoms with Gasteiger partial charge in [0.15, 0.2) is 5.69 Å².